The number of rotatable bonds is 5. The Hall–Kier alpha value is -1.26. The molecular formula is C15H22ClN3O. The molecule has 0 radical (unpaired) electrons. The zero-order chi connectivity index (χ0) is 14.5. The highest BCUT2D eigenvalue weighted by molar-refractivity contribution is 6.31. The number of halogens is 1. The lowest BCUT2D eigenvalue weighted by Crippen LogP contribution is -2.35. The van der Waals surface area contributed by atoms with Crippen molar-refractivity contribution in [2.45, 2.75) is 19.3 Å². The number of carbonyl (C=O) groups excluding carboxylic acids is 1. The molecule has 0 unspecified atom stereocenters. The molecule has 0 aromatic heterocycles. The summed E-state index contributed by atoms with van der Waals surface area (Å²) in [5.41, 5.74) is 6.88. The Labute approximate surface area is 125 Å². The molecular weight excluding hydrogens is 274 g/mol. The van der Waals surface area contributed by atoms with Crippen molar-refractivity contribution in [3.63, 3.8) is 0 Å². The third kappa shape index (κ3) is 3.64. The second-order valence-electron chi connectivity index (χ2n) is 5.35. The van der Waals surface area contributed by atoms with Crippen molar-refractivity contribution in [3.05, 3.63) is 28.8 Å². The molecule has 0 saturated carbocycles. The lowest BCUT2D eigenvalue weighted by molar-refractivity contribution is 0.100. The molecule has 0 atom stereocenters. The van der Waals surface area contributed by atoms with Crippen molar-refractivity contribution >= 4 is 23.2 Å². The largest absolute Gasteiger partial charge is 0.371 e. The summed E-state index contributed by atoms with van der Waals surface area (Å²) in [6.07, 6.45) is 3.50. The number of carbonyl (C=O) groups is 1. The Bertz CT molecular complexity index is 470. The van der Waals surface area contributed by atoms with Crippen LogP contribution >= 0.6 is 11.6 Å². The first-order chi connectivity index (χ1) is 9.61. The average Bonchev–Trinajstić information content (AvgIpc) is 2.45. The molecule has 3 N–H and O–H groups in total. The number of hydrogen-bond acceptors (Lipinski definition) is 3. The number of primary amides is 1. The molecule has 1 aliphatic rings. The number of piperidine rings is 1. The van der Waals surface area contributed by atoms with Crippen LogP contribution in [0.15, 0.2) is 18.2 Å². The van der Waals surface area contributed by atoms with Crippen LogP contribution in [0.25, 0.3) is 0 Å². The third-order valence-corrected chi connectivity index (χ3v) is 4.22. The summed E-state index contributed by atoms with van der Waals surface area (Å²) in [7, 11) is 1.99. The number of benzene rings is 1. The van der Waals surface area contributed by atoms with E-state index in [0.717, 1.165) is 44.1 Å². The minimum Gasteiger partial charge on any atom is -0.371 e. The van der Waals surface area contributed by atoms with Gasteiger partial charge < -0.3 is 16.0 Å². The highest BCUT2D eigenvalue weighted by Crippen LogP contribution is 2.29. The summed E-state index contributed by atoms with van der Waals surface area (Å²) in [5, 5.41) is 3.84. The second kappa shape index (κ2) is 6.95. The fraction of sp³-hybridized carbons (Fsp3) is 0.533. The summed E-state index contributed by atoms with van der Waals surface area (Å²) in [6.45, 7) is 2.97. The molecule has 20 heavy (non-hydrogen) atoms. The molecule has 0 spiro atoms. The van der Waals surface area contributed by atoms with Crippen LogP contribution in [-0.4, -0.2) is 32.6 Å². The van der Waals surface area contributed by atoms with E-state index in [9.17, 15) is 4.79 Å². The van der Waals surface area contributed by atoms with E-state index < -0.39 is 5.91 Å². The molecule has 1 heterocycles. The highest BCUT2D eigenvalue weighted by Gasteiger charge is 2.22. The van der Waals surface area contributed by atoms with Gasteiger partial charge in [0.05, 0.1) is 11.3 Å². The van der Waals surface area contributed by atoms with Crippen LogP contribution in [0.4, 0.5) is 5.69 Å². The van der Waals surface area contributed by atoms with Gasteiger partial charge in [0, 0.05) is 18.1 Å². The molecule has 0 bridgehead atoms. The molecule has 0 aliphatic carbocycles. The predicted molar refractivity (Wildman–Crippen MR) is 83.5 cm³/mol. The summed E-state index contributed by atoms with van der Waals surface area (Å²) in [6, 6.07) is 5.27. The van der Waals surface area contributed by atoms with Gasteiger partial charge in [0.15, 0.2) is 0 Å². The fourth-order valence-corrected chi connectivity index (χ4v) is 2.95. The Morgan fingerprint density at radius 2 is 2.15 bits per heavy atom. The first kappa shape index (κ1) is 15.1. The first-order valence-electron chi connectivity index (χ1n) is 7.10. The van der Waals surface area contributed by atoms with E-state index in [1.807, 2.05) is 13.1 Å². The molecule has 1 aromatic carbocycles. The smallest absolute Gasteiger partial charge is 0.250 e. The third-order valence-electron chi connectivity index (χ3n) is 3.98. The Morgan fingerprint density at radius 1 is 1.45 bits per heavy atom. The number of hydrogen-bond donors (Lipinski definition) is 2. The van der Waals surface area contributed by atoms with Gasteiger partial charge in [-0.2, -0.15) is 0 Å². The van der Waals surface area contributed by atoms with Crippen molar-refractivity contribution in [2.24, 2.45) is 11.7 Å². The van der Waals surface area contributed by atoms with Crippen LogP contribution < -0.4 is 16.0 Å². The minimum absolute atomic E-state index is 0.394. The van der Waals surface area contributed by atoms with Gasteiger partial charge in [-0.05, 0) is 57.0 Å². The lowest BCUT2D eigenvalue weighted by atomic mass is 9.93. The maximum atomic E-state index is 11.5. The van der Waals surface area contributed by atoms with Gasteiger partial charge in [-0.3, -0.25) is 4.79 Å². The molecule has 5 heteroatoms. The molecule has 1 saturated heterocycles. The van der Waals surface area contributed by atoms with Gasteiger partial charge in [-0.15, -0.1) is 0 Å². The average molecular weight is 296 g/mol. The van der Waals surface area contributed by atoms with Gasteiger partial charge >= 0.3 is 0 Å². The monoisotopic (exact) mass is 295 g/mol. The van der Waals surface area contributed by atoms with Gasteiger partial charge in [0.25, 0.3) is 5.91 Å². The second-order valence-corrected chi connectivity index (χ2v) is 5.78. The predicted octanol–water partition coefficient (Wildman–Crippen LogP) is 2.26. The van der Waals surface area contributed by atoms with E-state index in [0.29, 0.717) is 10.6 Å². The highest BCUT2D eigenvalue weighted by atomic mass is 35.5. The Morgan fingerprint density at radius 3 is 2.75 bits per heavy atom. The van der Waals surface area contributed by atoms with Crippen molar-refractivity contribution in [1.82, 2.24) is 5.32 Å². The number of nitrogens with zero attached hydrogens (tertiary/aromatic N) is 1. The van der Waals surface area contributed by atoms with E-state index in [2.05, 4.69) is 10.2 Å². The molecule has 1 amide bonds. The normalized spacial score (nSPS) is 16.4. The molecule has 110 valence electrons. The van der Waals surface area contributed by atoms with Gasteiger partial charge in [-0.1, -0.05) is 11.6 Å². The maximum absolute atomic E-state index is 11.5. The maximum Gasteiger partial charge on any atom is 0.250 e. The zero-order valence-corrected chi connectivity index (χ0v) is 12.6. The lowest BCUT2D eigenvalue weighted by Gasteiger charge is -2.34. The standard InChI is InChI=1S/C15H22ClN3O/c1-18-7-4-11-5-8-19(9-6-11)14-10-12(16)2-3-13(14)15(17)20/h2-3,10-11,18H,4-9H2,1H3,(H2,17,20). The quantitative estimate of drug-likeness (QED) is 0.876. The molecule has 1 fully saturated rings. The Balaban J connectivity index is 2.06. The Kier molecular flexibility index (Phi) is 5.26. The van der Waals surface area contributed by atoms with E-state index in [1.165, 1.54) is 6.42 Å². The van der Waals surface area contributed by atoms with E-state index >= 15 is 0 Å². The van der Waals surface area contributed by atoms with Crippen LogP contribution in [0.3, 0.4) is 0 Å². The molecule has 1 aromatic rings. The molecule has 2 rings (SSSR count). The van der Waals surface area contributed by atoms with E-state index in [1.54, 1.807) is 12.1 Å². The molecule has 1 aliphatic heterocycles. The summed E-state index contributed by atoms with van der Waals surface area (Å²) >= 11 is 6.05. The van der Waals surface area contributed by atoms with Crippen molar-refractivity contribution < 1.29 is 4.79 Å². The van der Waals surface area contributed by atoms with Crippen molar-refractivity contribution in [3.8, 4) is 0 Å². The van der Waals surface area contributed by atoms with Crippen molar-refractivity contribution in [2.75, 3.05) is 31.6 Å². The zero-order valence-electron chi connectivity index (χ0n) is 11.9. The number of amides is 1. The first-order valence-corrected chi connectivity index (χ1v) is 7.48. The summed E-state index contributed by atoms with van der Waals surface area (Å²) in [5.74, 6) is 0.365. The summed E-state index contributed by atoms with van der Waals surface area (Å²) in [4.78, 5) is 13.7. The van der Waals surface area contributed by atoms with Crippen LogP contribution in [0.2, 0.25) is 5.02 Å². The topological polar surface area (TPSA) is 58.4 Å². The van der Waals surface area contributed by atoms with Crippen LogP contribution in [0.5, 0.6) is 0 Å². The fourth-order valence-electron chi connectivity index (χ4n) is 2.79. The van der Waals surface area contributed by atoms with Gasteiger partial charge in [-0.25, -0.2) is 0 Å². The number of anilines is 1. The van der Waals surface area contributed by atoms with Gasteiger partial charge in [0.2, 0.25) is 0 Å². The van der Waals surface area contributed by atoms with Gasteiger partial charge in [0.1, 0.15) is 0 Å². The number of nitrogens with two attached hydrogens (primary N) is 1. The van der Waals surface area contributed by atoms with Crippen LogP contribution in [0.1, 0.15) is 29.6 Å². The SMILES string of the molecule is CNCCC1CCN(c2cc(Cl)ccc2C(N)=O)CC1. The van der Waals surface area contributed by atoms with E-state index in [-0.39, 0.29) is 0 Å². The van der Waals surface area contributed by atoms with Crippen molar-refractivity contribution in [1.29, 1.82) is 0 Å². The molecule has 4 nitrogen and oxygen atoms in total. The van der Waals surface area contributed by atoms with Crippen LogP contribution in [0, 0.1) is 5.92 Å². The summed E-state index contributed by atoms with van der Waals surface area (Å²) < 4.78 is 0. The van der Waals surface area contributed by atoms with E-state index in [4.69, 9.17) is 17.3 Å². The number of nitrogens with one attached hydrogen (secondary N) is 1. The minimum atomic E-state index is -0.394. The van der Waals surface area contributed by atoms with Crippen LogP contribution in [-0.2, 0) is 0 Å².